The standard InChI is InChI=1S/C30H45NO2/c1-4-7-9-10-11-15-24-22-32-30(33-23-24)26-19-20-29(31-21-26)28-18-13-12-17-27(28)25(14-6-3)16-8-5-2/h12-13,17-21,24-25,30H,4-11,14-16,22-23H2,1-3H3. The molecule has 33 heavy (non-hydrogen) atoms. The zero-order valence-corrected chi connectivity index (χ0v) is 21.2. The normalized spacial score (nSPS) is 19.5. The van der Waals surface area contributed by atoms with Crippen LogP contribution < -0.4 is 0 Å². The van der Waals surface area contributed by atoms with E-state index in [-0.39, 0.29) is 6.29 Å². The van der Waals surface area contributed by atoms with Crippen LogP contribution in [0.4, 0.5) is 0 Å². The van der Waals surface area contributed by atoms with Crippen molar-refractivity contribution in [3.8, 4) is 11.3 Å². The van der Waals surface area contributed by atoms with Gasteiger partial charge in [-0.15, -0.1) is 0 Å². The first-order valence-electron chi connectivity index (χ1n) is 13.5. The van der Waals surface area contributed by atoms with E-state index in [1.807, 2.05) is 6.20 Å². The van der Waals surface area contributed by atoms with Crippen molar-refractivity contribution in [2.24, 2.45) is 5.92 Å². The molecule has 2 aromatic rings. The summed E-state index contributed by atoms with van der Waals surface area (Å²) in [6.45, 7) is 8.41. The van der Waals surface area contributed by atoms with Crippen LogP contribution in [-0.4, -0.2) is 18.2 Å². The van der Waals surface area contributed by atoms with E-state index in [1.54, 1.807) is 0 Å². The van der Waals surface area contributed by atoms with Crippen molar-refractivity contribution in [2.75, 3.05) is 13.2 Å². The second-order valence-corrected chi connectivity index (χ2v) is 9.76. The number of hydrogen-bond donors (Lipinski definition) is 0. The number of ether oxygens (including phenoxy) is 2. The van der Waals surface area contributed by atoms with Gasteiger partial charge in [0, 0.05) is 23.2 Å². The predicted octanol–water partition coefficient (Wildman–Crippen LogP) is 8.84. The van der Waals surface area contributed by atoms with E-state index in [4.69, 9.17) is 14.5 Å². The highest BCUT2D eigenvalue weighted by Crippen LogP contribution is 2.35. The molecule has 0 N–H and O–H groups in total. The number of nitrogens with zero attached hydrogens (tertiary/aromatic N) is 1. The highest BCUT2D eigenvalue weighted by Gasteiger charge is 2.24. The number of rotatable bonds is 14. The third-order valence-electron chi connectivity index (χ3n) is 6.96. The van der Waals surface area contributed by atoms with Gasteiger partial charge in [-0.3, -0.25) is 4.98 Å². The van der Waals surface area contributed by atoms with Crippen LogP contribution in [0.25, 0.3) is 11.3 Å². The van der Waals surface area contributed by atoms with Crippen LogP contribution in [0, 0.1) is 5.92 Å². The summed E-state index contributed by atoms with van der Waals surface area (Å²) in [5.41, 5.74) is 4.79. The van der Waals surface area contributed by atoms with E-state index in [0.29, 0.717) is 11.8 Å². The average molecular weight is 452 g/mol. The third-order valence-corrected chi connectivity index (χ3v) is 6.96. The van der Waals surface area contributed by atoms with E-state index < -0.39 is 0 Å². The first kappa shape index (κ1) is 25.9. The SMILES string of the molecule is CCCCCCCC1COC(c2ccc(-c3ccccc3C(CCC)CCCC)nc2)OC1. The molecule has 0 spiro atoms. The molecule has 1 atom stereocenters. The molecule has 3 heteroatoms. The molecule has 0 saturated carbocycles. The summed E-state index contributed by atoms with van der Waals surface area (Å²) >= 11 is 0. The summed E-state index contributed by atoms with van der Waals surface area (Å²) in [6, 6.07) is 13.1. The highest BCUT2D eigenvalue weighted by atomic mass is 16.7. The molecule has 1 aromatic carbocycles. The first-order valence-corrected chi connectivity index (χ1v) is 13.5. The molecule has 1 aliphatic heterocycles. The van der Waals surface area contributed by atoms with Gasteiger partial charge in [0.1, 0.15) is 0 Å². The fraction of sp³-hybridized carbons (Fsp3) is 0.633. The van der Waals surface area contributed by atoms with Crippen molar-refractivity contribution in [3.63, 3.8) is 0 Å². The topological polar surface area (TPSA) is 31.4 Å². The Morgan fingerprint density at radius 2 is 1.58 bits per heavy atom. The van der Waals surface area contributed by atoms with Crippen molar-refractivity contribution in [1.29, 1.82) is 0 Å². The number of unbranched alkanes of at least 4 members (excludes halogenated alkanes) is 5. The van der Waals surface area contributed by atoms with Gasteiger partial charge < -0.3 is 9.47 Å². The van der Waals surface area contributed by atoms with Crippen LogP contribution in [-0.2, 0) is 9.47 Å². The Morgan fingerprint density at radius 1 is 0.818 bits per heavy atom. The van der Waals surface area contributed by atoms with Crippen LogP contribution in [0.15, 0.2) is 42.6 Å². The Balaban J connectivity index is 1.59. The van der Waals surface area contributed by atoms with Gasteiger partial charge in [0.25, 0.3) is 0 Å². The molecule has 1 saturated heterocycles. The molecule has 3 rings (SSSR count). The fourth-order valence-corrected chi connectivity index (χ4v) is 4.98. The maximum Gasteiger partial charge on any atom is 0.185 e. The molecule has 1 aromatic heterocycles. The Hall–Kier alpha value is -1.71. The van der Waals surface area contributed by atoms with Gasteiger partial charge in [0.2, 0.25) is 0 Å². The lowest BCUT2D eigenvalue weighted by molar-refractivity contribution is -0.206. The highest BCUT2D eigenvalue weighted by molar-refractivity contribution is 5.64. The Labute approximate surface area is 202 Å². The molecule has 2 heterocycles. The molecule has 3 nitrogen and oxygen atoms in total. The second kappa shape index (κ2) is 14.5. The van der Waals surface area contributed by atoms with E-state index in [1.165, 1.54) is 81.8 Å². The molecule has 1 fully saturated rings. The number of aromatic nitrogens is 1. The van der Waals surface area contributed by atoms with Crippen LogP contribution in [0.5, 0.6) is 0 Å². The van der Waals surface area contributed by atoms with Crippen LogP contribution in [0.1, 0.15) is 115 Å². The summed E-state index contributed by atoms with van der Waals surface area (Å²) < 4.78 is 12.2. The summed E-state index contributed by atoms with van der Waals surface area (Å²) in [4.78, 5) is 4.84. The Kier molecular flexibility index (Phi) is 11.4. The number of hydrogen-bond acceptors (Lipinski definition) is 3. The maximum absolute atomic E-state index is 6.08. The zero-order chi connectivity index (χ0) is 23.3. The quantitative estimate of drug-likeness (QED) is 0.269. The third kappa shape index (κ3) is 7.93. The van der Waals surface area contributed by atoms with Crippen molar-refractivity contribution >= 4 is 0 Å². The summed E-state index contributed by atoms with van der Waals surface area (Å²) in [5.74, 6) is 1.14. The van der Waals surface area contributed by atoms with Crippen molar-refractivity contribution in [2.45, 2.75) is 104 Å². The molecule has 1 unspecified atom stereocenters. The van der Waals surface area contributed by atoms with E-state index >= 15 is 0 Å². The van der Waals surface area contributed by atoms with Crippen LogP contribution in [0.2, 0.25) is 0 Å². The lowest BCUT2D eigenvalue weighted by Crippen LogP contribution is -2.27. The molecule has 1 aliphatic rings. The van der Waals surface area contributed by atoms with Gasteiger partial charge in [0.15, 0.2) is 6.29 Å². The summed E-state index contributed by atoms with van der Waals surface area (Å²) in [5, 5.41) is 0. The Morgan fingerprint density at radius 3 is 2.27 bits per heavy atom. The van der Waals surface area contributed by atoms with Crippen LogP contribution in [0.3, 0.4) is 0 Å². The van der Waals surface area contributed by atoms with Crippen LogP contribution >= 0.6 is 0 Å². The fourth-order valence-electron chi connectivity index (χ4n) is 4.98. The van der Waals surface area contributed by atoms with Gasteiger partial charge in [-0.05, 0) is 36.8 Å². The minimum absolute atomic E-state index is 0.282. The van der Waals surface area contributed by atoms with Crippen molar-refractivity contribution in [1.82, 2.24) is 4.98 Å². The molecule has 0 aliphatic carbocycles. The largest absolute Gasteiger partial charge is 0.348 e. The van der Waals surface area contributed by atoms with E-state index in [9.17, 15) is 0 Å². The second-order valence-electron chi connectivity index (χ2n) is 9.76. The van der Waals surface area contributed by atoms with Gasteiger partial charge in [-0.25, -0.2) is 0 Å². The molecular weight excluding hydrogens is 406 g/mol. The van der Waals surface area contributed by atoms with Crippen molar-refractivity contribution < 1.29 is 9.47 Å². The molecule has 0 bridgehead atoms. The van der Waals surface area contributed by atoms with Gasteiger partial charge >= 0.3 is 0 Å². The smallest absolute Gasteiger partial charge is 0.185 e. The molecular formula is C30H45NO2. The zero-order valence-electron chi connectivity index (χ0n) is 21.2. The predicted molar refractivity (Wildman–Crippen MR) is 138 cm³/mol. The van der Waals surface area contributed by atoms with Gasteiger partial charge in [0.05, 0.1) is 18.9 Å². The first-order chi connectivity index (χ1) is 16.3. The lowest BCUT2D eigenvalue weighted by atomic mass is 9.86. The minimum atomic E-state index is -0.282. The lowest BCUT2D eigenvalue weighted by Gasteiger charge is -2.29. The monoisotopic (exact) mass is 451 g/mol. The molecule has 0 amide bonds. The van der Waals surface area contributed by atoms with Gasteiger partial charge in [-0.2, -0.15) is 0 Å². The number of pyridine rings is 1. The maximum atomic E-state index is 6.08. The van der Waals surface area contributed by atoms with E-state index in [0.717, 1.165) is 24.5 Å². The van der Waals surface area contributed by atoms with Gasteiger partial charge in [-0.1, -0.05) is 102 Å². The summed E-state index contributed by atoms with van der Waals surface area (Å²) in [7, 11) is 0. The molecule has 0 radical (unpaired) electrons. The summed E-state index contributed by atoms with van der Waals surface area (Å²) in [6.07, 6.45) is 15.7. The average Bonchev–Trinajstić information content (AvgIpc) is 2.87. The minimum Gasteiger partial charge on any atom is -0.348 e. The van der Waals surface area contributed by atoms with Crippen molar-refractivity contribution in [3.05, 3.63) is 53.7 Å². The van der Waals surface area contributed by atoms with E-state index in [2.05, 4.69) is 57.2 Å². The molecule has 182 valence electrons. The number of benzene rings is 1. The Bertz CT molecular complexity index is 780.